The molecule has 5 heteroatoms. The van der Waals surface area contributed by atoms with Gasteiger partial charge in [-0.05, 0) is 30.2 Å². The fourth-order valence-corrected chi connectivity index (χ4v) is 2.19. The van der Waals surface area contributed by atoms with Crippen molar-refractivity contribution in [1.82, 2.24) is 0 Å². The van der Waals surface area contributed by atoms with Crippen LogP contribution in [0.15, 0.2) is 29.2 Å². The van der Waals surface area contributed by atoms with E-state index in [2.05, 4.69) is 11.7 Å². The summed E-state index contributed by atoms with van der Waals surface area (Å²) >= 11 is 3.49. The molecule has 1 aromatic rings. The van der Waals surface area contributed by atoms with Gasteiger partial charge in [0.05, 0.1) is 4.90 Å². The van der Waals surface area contributed by atoms with Gasteiger partial charge >= 0.3 is 51.4 Å². The van der Waals surface area contributed by atoms with Crippen molar-refractivity contribution in [3.8, 4) is 0 Å². The Balaban J connectivity index is 0.00000121. The molecule has 1 rings (SSSR count). The zero-order chi connectivity index (χ0) is 8.48. The molecular formula is C7H9KO2S2. The number of hydrogen-bond donors (Lipinski definition) is 1. The maximum atomic E-state index is 10.9. The minimum atomic E-state index is -3.34. The van der Waals surface area contributed by atoms with Crippen molar-refractivity contribution in [3.63, 3.8) is 0 Å². The summed E-state index contributed by atoms with van der Waals surface area (Å²) in [7, 11) is -3.34. The van der Waals surface area contributed by atoms with E-state index < -0.39 is 8.87 Å². The summed E-state index contributed by atoms with van der Waals surface area (Å²) in [6, 6.07) is 6.74. The Morgan fingerprint density at radius 3 is 2.08 bits per heavy atom. The summed E-state index contributed by atoms with van der Waals surface area (Å²) in [5, 5.41) is 0. The van der Waals surface area contributed by atoms with E-state index in [1.54, 1.807) is 25.1 Å². The molecule has 0 aliphatic rings. The second-order valence-electron chi connectivity index (χ2n) is 2.24. The van der Waals surface area contributed by atoms with Crippen LogP contribution < -0.4 is 0 Å². The first-order valence-corrected chi connectivity index (χ1v) is 5.58. The van der Waals surface area contributed by atoms with E-state index in [1.807, 2.05) is 0 Å². The summed E-state index contributed by atoms with van der Waals surface area (Å²) in [5.41, 5.74) is 0.725. The van der Waals surface area contributed by atoms with Crippen LogP contribution in [0.3, 0.4) is 0 Å². The van der Waals surface area contributed by atoms with Crippen LogP contribution in [0.4, 0.5) is 0 Å². The van der Waals surface area contributed by atoms with Crippen molar-refractivity contribution in [1.29, 1.82) is 0 Å². The molecule has 0 fully saturated rings. The molecule has 0 aromatic heterocycles. The predicted molar refractivity (Wildman–Crippen MR) is 54.5 cm³/mol. The van der Waals surface area contributed by atoms with Gasteiger partial charge in [0.2, 0.25) is 8.87 Å². The van der Waals surface area contributed by atoms with Gasteiger partial charge in [-0.2, -0.15) is 0 Å². The van der Waals surface area contributed by atoms with Crippen LogP contribution in [0.25, 0.3) is 0 Å². The molecule has 0 unspecified atom stereocenters. The summed E-state index contributed by atoms with van der Waals surface area (Å²) in [4.78, 5) is 0.281. The average molecular weight is 228 g/mol. The van der Waals surface area contributed by atoms with Crippen molar-refractivity contribution in [2.24, 2.45) is 0 Å². The van der Waals surface area contributed by atoms with Gasteiger partial charge in [0.15, 0.2) is 0 Å². The van der Waals surface area contributed by atoms with Crippen LogP contribution in [0, 0.1) is 6.92 Å². The number of rotatable bonds is 1. The van der Waals surface area contributed by atoms with Crippen LogP contribution in [0.2, 0.25) is 0 Å². The van der Waals surface area contributed by atoms with Crippen LogP contribution >= 0.6 is 11.7 Å². The van der Waals surface area contributed by atoms with E-state index >= 15 is 0 Å². The third-order valence-corrected chi connectivity index (χ3v) is 2.98. The summed E-state index contributed by atoms with van der Waals surface area (Å²) in [6.45, 7) is 1.74. The molecule has 0 aliphatic carbocycles. The Labute approximate surface area is 120 Å². The maximum absolute atomic E-state index is 10.9. The van der Waals surface area contributed by atoms with E-state index in [0.29, 0.717) is 0 Å². The van der Waals surface area contributed by atoms with E-state index in [0.717, 1.165) is 5.56 Å². The Morgan fingerprint density at radius 2 is 1.75 bits per heavy atom. The minimum absolute atomic E-state index is 0. The predicted octanol–water partition coefficient (Wildman–Crippen LogP) is 0.965. The molecule has 0 heterocycles. The van der Waals surface area contributed by atoms with Crippen LogP contribution in [-0.4, -0.2) is 59.8 Å². The second kappa shape index (κ2) is 5.14. The van der Waals surface area contributed by atoms with Crippen molar-refractivity contribution in [3.05, 3.63) is 29.8 Å². The van der Waals surface area contributed by atoms with Crippen molar-refractivity contribution >= 4 is 71.9 Å². The summed E-state index contributed by atoms with van der Waals surface area (Å²) in [5.74, 6) is 0. The van der Waals surface area contributed by atoms with Gasteiger partial charge in [0.25, 0.3) is 0 Å². The fraction of sp³-hybridized carbons (Fsp3) is 0.143. The second-order valence-corrected chi connectivity index (χ2v) is 5.07. The SMILES string of the molecule is Cc1ccccc1S(=O)(=O)S.[KH]. The van der Waals surface area contributed by atoms with Crippen LogP contribution in [0.5, 0.6) is 0 Å². The summed E-state index contributed by atoms with van der Waals surface area (Å²) in [6.07, 6.45) is 0. The molecule has 2 nitrogen and oxygen atoms in total. The fourth-order valence-electron chi connectivity index (χ4n) is 0.846. The standard InChI is InChI=1S/C7H8O2S2.K.H/c1-6-4-2-3-5-7(6)11(8,9)10;;/h2-5H,1H3,(H,8,9,10);;. The Kier molecular flexibility index (Phi) is 5.64. The first-order valence-electron chi connectivity index (χ1n) is 3.05. The van der Waals surface area contributed by atoms with Crippen LogP contribution in [0.1, 0.15) is 5.56 Å². The number of benzene rings is 1. The quantitative estimate of drug-likeness (QED) is 0.441. The van der Waals surface area contributed by atoms with Gasteiger partial charge < -0.3 is 0 Å². The molecule has 0 amide bonds. The molecule has 0 spiro atoms. The average Bonchev–Trinajstić information content (AvgIpc) is 1.86. The molecule has 1 aromatic carbocycles. The number of hydrogen-bond acceptors (Lipinski definition) is 2. The van der Waals surface area contributed by atoms with E-state index in [9.17, 15) is 8.42 Å². The topological polar surface area (TPSA) is 34.1 Å². The zero-order valence-electron chi connectivity index (χ0n) is 5.98. The van der Waals surface area contributed by atoms with Crippen molar-refractivity contribution in [2.45, 2.75) is 11.8 Å². The molecule has 0 atom stereocenters. The Morgan fingerprint density at radius 1 is 1.25 bits per heavy atom. The van der Waals surface area contributed by atoms with Gasteiger partial charge in [0.1, 0.15) is 0 Å². The molecule has 62 valence electrons. The van der Waals surface area contributed by atoms with Gasteiger partial charge in [-0.1, -0.05) is 18.2 Å². The van der Waals surface area contributed by atoms with E-state index in [4.69, 9.17) is 0 Å². The molecule has 0 saturated heterocycles. The monoisotopic (exact) mass is 228 g/mol. The van der Waals surface area contributed by atoms with Gasteiger partial charge in [-0.15, -0.1) is 0 Å². The van der Waals surface area contributed by atoms with Crippen molar-refractivity contribution in [2.75, 3.05) is 0 Å². The normalized spacial score (nSPS) is 10.5. The van der Waals surface area contributed by atoms with E-state index in [1.165, 1.54) is 6.07 Å². The zero-order valence-corrected chi connectivity index (χ0v) is 7.69. The molecule has 0 saturated carbocycles. The molecule has 12 heavy (non-hydrogen) atoms. The number of thiol groups is 1. The van der Waals surface area contributed by atoms with Gasteiger partial charge in [0, 0.05) is 0 Å². The van der Waals surface area contributed by atoms with Gasteiger partial charge in [-0.25, -0.2) is 8.42 Å². The van der Waals surface area contributed by atoms with Gasteiger partial charge in [-0.3, -0.25) is 0 Å². The molecule has 0 N–H and O–H groups in total. The third-order valence-electron chi connectivity index (χ3n) is 1.37. The number of aryl methyl sites for hydroxylation is 1. The molecule has 0 radical (unpaired) electrons. The first-order chi connectivity index (χ1) is 5.02. The van der Waals surface area contributed by atoms with E-state index in [-0.39, 0.29) is 56.3 Å². The third kappa shape index (κ3) is 3.49. The summed E-state index contributed by atoms with van der Waals surface area (Å²) < 4.78 is 21.8. The Bertz CT molecular complexity index is 359. The molecule has 0 aliphatic heterocycles. The van der Waals surface area contributed by atoms with Crippen molar-refractivity contribution < 1.29 is 8.42 Å². The Hall–Kier alpha value is 1.16. The van der Waals surface area contributed by atoms with Crippen LogP contribution in [-0.2, 0) is 8.87 Å². The molecule has 0 bridgehead atoms. The first kappa shape index (κ1) is 13.2. The molecular weight excluding hydrogens is 219 g/mol.